The summed E-state index contributed by atoms with van der Waals surface area (Å²) in [6.45, 7) is 5.29. The average molecular weight is 304 g/mol. The third kappa shape index (κ3) is 3.78. The number of carbonyl (C=O) groups is 2. The monoisotopic (exact) mass is 304 g/mol. The number of aliphatic carboxylic acids is 1. The van der Waals surface area contributed by atoms with Gasteiger partial charge in [0.2, 0.25) is 0 Å². The summed E-state index contributed by atoms with van der Waals surface area (Å²) in [5.74, 6) is -1.23. The molecule has 0 radical (unpaired) electrons. The van der Waals surface area contributed by atoms with Gasteiger partial charge >= 0.3 is 6.09 Å². The number of carbonyl (C=O) groups excluding carboxylic acids is 2. The van der Waals surface area contributed by atoms with Gasteiger partial charge in [-0.15, -0.1) is 0 Å². The van der Waals surface area contributed by atoms with Gasteiger partial charge in [0.15, 0.2) is 0 Å². The summed E-state index contributed by atoms with van der Waals surface area (Å²) < 4.78 is 5.41. The van der Waals surface area contributed by atoms with Gasteiger partial charge in [0.1, 0.15) is 5.60 Å². The fraction of sp³-hybridized carbons (Fsp3) is 0.529. The molecule has 2 rings (SSSR count). The summed E-state index contributed by atoms with van der Waals surface area (Å²) >= 11 is 0. The van der Waals surface area contributed by atoms with Crippen LogP contribution in [0.4, 0.5) is 4.79 Å². The molecule has 1 aromatic carbocycles. The van der Waals surface area contributed by atoms with Crippen molar-refractivity contribution in [2.45, 2.75) is 57.7 Å². The van der Waals surface area contributed by atoms with Gasteiger partial charge in [0, 0.05) is 0 Å². The maximum absolute atomic E-state index is 12.5. The zero-order valence-corrected chi connectivity index (χ0v) is 13.2. The third-order valence-corrected chi connectivity index (χ3v) is 3.69. The van der Waals surface area contributed by atoms with Gasteiger partial charge in [0.05, 0.1) is 18.1 Å². The molecule has 0 aromatic heterocycles. The Morgan fingerprint density at radius 2 is 1.82 bits per heavy atom. The van der Waals surface area contributed by atoms with Crippen molar-refractivity contribution in [3.8, 4) is 0 Å². The molecule has 1 fully saturated rings. The maximum atomic E-state index is 12.5. The Bertz CT molecular complexity index is 535. The Kier molecular flexibility index (Phi) is 4.74. The van der Waals surface area contributed by atoms with E-state index in [1.54, 1.807) is 20.8 Å². The number of hydrogen-bond acceptors (Lipinski definition) is 4. The van der Waals surface area contributed by atoms with Crippen LogP contribution >= 0.6 is 0 Å². The molecule has 5 heteroatoms. The van der Waals surface area contributed by atoms with Crippen molar-refractivity contribution in [3.63, 3.8) is 0 Å². The maximum Gasteiger partial charge on any atom is 0.411 e. The molecular formula is C17H22NO4-. The first-order chi connectivity index (χ1) is 10.3. The molecule has 0 aliphatic carbocycles. The highest BCUT2D eigenvalue weighted by Crippen LogP contribution is 2.35. The van der Waals surface area contributed by atoms with E-state index in [1.165, 1.54) is 4.90 Å². The third-order valence-electron chi connectivity index (χ3n) is 3.69. The minimum absolute atomic E-state index is 0.298. The summed E-state index contributed by atoms with van der Waals surface area (Å²) in [6, 6.07) is 8.21. The number of carboxylic acid groups (broad SMARTS) is 1. The minimum Gasteiger partial charge on any atom is -0.548 e. The topological polar surface area (TPSA) is 69.7 Å². The van der Waals surface area contributed by atoms with E-state index < -0.39 is 23.7 Å². The van der Waals surface area contributed by atoms with Crippen molar-refractivity contribution in [2.24, 2.45) is 0 Å². The molecule has 2 atom stereocenters. The number of nitrogens with zero attached hydrogens (tertiary/aromatic N) is 1. The lowest BCUT2D eigenvalue weighted by molar-refractivity contribution is -0.312. The molecule has 5 nitrogen and oxygen atoms in total. The van der Waals surface area contributed by atoms with E-state index in [9.17, 15) is 14.7 Å². The van der Waals surface area contributed by atoms with Gasteiger partial charge in [0.25, 0.3) is 0 Å². The first-order valence-electron chi connectivity index (χ1n) is 7.57. The molecule has 22 heavy (non-hydrogen) atoms. The van der Waals surface area contributed by atoms with Crippen LogP contribution in [0, 0.1) is 0 Å². The van der Waals surface area contributed by atoms with Crippen LogP contribution in [0.15, 0.2) is 30.3 Å². The van der Waals surface area contributed by atoms with E-state index in [-0.39, 0.29) is 6.04 Å². The fourth-order valence-electron chi connectivity index (χ4n) is 2.80. The zero-order chi connectivity index (χ0) is 16.3. The molecule has 1 aliphatic rings. The number of ether oxygens (including phenoxy) is 1. The molecule has 0 N–H and O–H groups in total. The van der Waals surface area contributed by atoms with Crippen molar-refractivity contribution in [1.82, 2.24) is 4.90 Å². The van der Waals surface area contributed by atoms with Crippen molar-refractivity contribution in [3.05, 3.63) is 35.9 Å². The number of hydrogen-bond donors (Lipinski definition) is 0. The Labute approximate surface area is 130 Å². The van der Waals surface area contributed by atoms with Crippen LogP contribution in [0.3, 0.4) is 0 Å². The lowest BCUT2D eigenvalue weighted by atomic mass is 9.91. The minimum atomic E-state index is -1.23. The lowest BCUT2D eigenvalue weighted by Crippen LogP contribution is -2.55. The largest absolute Gasteiger partial charge is 0.548 e. The fourth-order valence-corrected chi connectivity index (χ4v) is 2.80. The van der Waals surface area contributed by atoms with E-state index in [4.69, 9.17) is 4.74 Å². The Balaban J connectivity index is 2.33. The number of rotatable bonds is 2. The van der Waals surface area contributed by atoms with Gasteiger partial charge in [-0.3, -0.25) is 4.90 Å². The molecule has 1 saturated heterocycles. The summed E-state index contributed by atoms with van der Waals surface area (Å²) in [4.78, 5) is 25.3. The number of benzene rings is 1. The molecule has 2 unspecified atom stereocenters. The molecule has 1 aromatic rings. The SMILES string of the molecule is CC(C)(C)OC(=O)N1C(C(=O)[O-])CCCC1c1ccccc1. The van der Waals surface area contributed by atoms with E-state index in [0.717, 1.165) is 12.0 Å². The molecule has 1 heterocycles. The highest BCUT2D eigenvalue weighted by molar-refractivity contribution is 5.79. The molecule has 1 amide bonds. The Morgan fingerprint density at radius 1 is 1.18 bits per heavy atom. The van der Waals surface area contributed by atoms with Crippen LogP contribution in [0.1, 0.15) is 51.6 Å². The zero-order valence-electron chi connectivity index (χ0n) is 13.2. The van der Waals surface area contributed by atoms with Crippen molar-refractivity contribution >= 4 is 12.1 Å². The summed E-state index contributed by atoms with van der Waals surface area (Å²) in [7, 11) is 0. The highest BCUT2D eigenvalue weighted by atomic mass is 16.6. The van der Waals surface area contributed by atoms with Crippen LogP contribution in [0.2, 0.25) is 0 Å². The first kappa shape index (κ1) is 16.3. The van der Waals surface area contributed by atoms with E-state index in [2.05, 4.69) is 0 Å². The van der Waals surface area contributed by atoms with E-state index in [0.29, 0.717) is 12.8 Å². The highest BCUT2D eigenvalue weighted by Gasteiger charge is 2.38. The van der Waals surface area contributed by atoms with Crippen LogP contribution in [-0.4, -0.2) is 28.6 Å². The predicted molar refractivity (Wildman–Crippen MR) is 79.9 cm³/mol. The molecule has 0 bridgehead atoms. The van der Waals surface area contributed by atoms with Gasteiger partial charge in [-0.25, -0.2) is 4.79 Å². The second kappa shape index (κ2) is 6.38. The number of likely N-dealkylation sites (tertiary alicyclic amines) is 1. The van der Waals surface area contributed by atoms with Crippen molar-refractivity contribution in [2.75, 3.05) is 0 Å². The first-order valence-corrected chi connectivity index (χ1v) is 7.57. The predicted octanol–water partition coefficient (Wildman–Crippen LogP) is 2.27. The summed E-state index contributed by atoms with van der Waals surface area (Å²) in [5.41, 5.74) is 0.242. The van der Waals surface area contributed by atoms with E-state index >= 15 is 0 Å². The molecule has 0 spiro atoms. The van der Waals surface area contributed by atoms with Crippen molar-refractivity contribution in [1.29, 1.82) is 0 Å². The second-order valence-corrected chi connectivity index (χ2v) is 6.58. The molecule has 0 saturated carbocycles. The van der Waals surface area contributed by atoms with Crippen LogP contribution in [0.25, 0.3) is 0 Å². The van der Waals surface area contributed by atoms with Gasteiger partial charge in [-0.2, -0.15) is 0 Å². The number of piperidine rings is 1. The molecular weight excluding hydrogens is 282 g/mol. The standard InChI is InChI=1S/C17H23NO4/c1-17(2,3)22-16(21)18-13(12-8-5-4-6-9-12)10-7-11-14(18)15(19)20/h4-6,8-9,13-14H,7,10-11H2,1-3H3,(H,19,20)/p-1. The average Bonchev–Trinajstić information content (AvgIpc) is 2.45. The van der Waals surface area contributed by atoms with Crippen LogP contribution < -0.4 is 5.11 Å². The summed E-state index contributed by atoms with van der Waals surface area (Å²) in [6.07, 6.45) is 1.24. The van der Waals surface area contributed by atoms with Crippen LogP contribution in [0.5, 0.6) is 0 Å². The molecule has 120 valence electrons. The Hall–Kier alpha value is -2.04. The van der Waals surface area contributed by atoms with Gasteiger partial charge < -0.3 is 14.6 Å². The number of amides is 1. The van der Waals surface area contributed by atoms with Crippen molar-refractivity contribution < 1.29 is 19.4 Å². The van der Waals surface area contributed by atoms with Gasteiger partial charge in [-0.1, -0.05) is 30.3 Å². The number of carboxylic acids is 1. The summed E-state index contributed by atoms with van der Waals surface area (Å²) in [5, 5.41) is 11.5. The molecule has 1 aliphatic heterocycles. The van der Waals surface area contributed by atoms with Gasteiger partial charge in [-0.05, 0) is 45.6 Å². The van der Waals surface area contributed by atoms with Crippen LogP contribution in [-0.2, 0) is 9.53 Å². The Morgan fingerprint density at radius 3 is 2.36 bits per heavy atom. The van der Waals surface area contributed by atoms with E-state index in [1.807, 2.05) is 30.3 Å². The lowest BCUT2D eigenvalue weighted by Gasteiger charge is -2.43. The smallest absolute Gasteiger partial charge is 0.411 e. The normalized spacial score (nSPS) is 22.2. The second-order valence-electron chi connectivity index (χ2n) is 6.58. The quantitative estimate of drug-likeness (QED) is 0.840.